The Labute approximate surface area is 190 Å². The molecular formula is C25H20ClN3O3. The van der Waals surface area contributed by atoms with E-state index in [1.165, 1.54) is 7.11 Å². The average molecular weight is 446 g/mol. The molecule has 1 aliphatic heterocycles. The molecule has 0 saturated heterocycles. The highest BCUT2D eigenvalue weighted by Crippen LogP contribution is 2.35. The van der Waals surface area contributed by atoms with Crippen LogP contribution in [0.1, 0.15) is 28.5 Å². The number of amides is 1. The number of nitrogens with zero attached hydrogens (tertiary/aromatic N) is 2. The van der Waals surface area contributed by atoms with Crippen molar-refractivity contribution in [2.75, 3.05) is 13.7 Å². The first-order valence-electron chi connectivity index (χ1n) is 10.3. The molecule has 0 aliphatic carbocycles. The third kappa shape index (κ3) is 3.63. The van der Waals surface area contributed by atoms with Crippen molar-refractivity contribution < 1.29 is 14.3 Å². The number of ether oxygens (including phenoxy) is 2. The predicted octanol–water partition coefficient (Wildman–Crippen LogP) is 5.21. The molecule has 1 atom stereocenters. The largest absolute Gasteiger partial charge is 0.493 e. The molecule has 0 bridgehead atoms. The highest BCUT2D eigenvalue weighted by atomic mass is 35.5. The van der Waals surface area contributed by atoms with Crippen molar-refractivity contribution in [2.45, 2.75) is 12.5 Å². The summed E-state index contributed by atoms with van der Waals surface area (Å²) >= 11 is 6.18. The van der Waals surface area contributed by atoms with Crippen LogP contribution in [0.15, 0.2) is 66.7 Å². The molecule has 1 aromatic heterocycles. The van der Waals surface area contributed by atoms with Crippen molar-refractivity contribution in [2.24, 2.45) is 0 Å². The Hall–Kier alpha value is -3.64. The van der Waals surface area contributed by atoms with Crippen LogP contribution in [0.5, 0.6) is 11.5 Å². The Bertz CT molecular complexity index is 1330. The number of benzene rings is 3. The highest BCUT2D eigenvalue weighted by Gasteiger charge is 2.26. The number of hydrogen-bond donors (Lipinski definition) is 1. The molecule has 0 saturated carbocycles. The second-order valence-electron chi connectivity index (χ2n) is 7.49. The maximum absolute atomic E-state index is 13.2. The maximum atomic E-state index is 13.2. The van der Waals surface area contributed by atoms with Crippen LogP contribution in [0.2, 0.25) is 5.02 Å². The second-order valence-corrected chi connectivity index (χ2v) is 7.93. The Morgan fingerprint density at radius 2 is 1.94 bits per heavy atom. The molecule has 0 unspecified atom stereocenters. The zero-order chi connectivity index (χ0) is 22.1. The Morgan fingerprint density at radius 1 is 1.09 bits per heavy atom. The molecule has 4 aromatic rings. The van der Waals surface area contributed by atoms with E-state index in [0.717, 1.165) is 22.4 Å². The number of carbonyl (C=O) groups is 1. The van der Waals surface area contributed by atoms with Crippen molar-refractivity contribution >= 4 is 28.4 Å². The van der Waals surface area contributed by atoms with E-state index < -0.39 is 0 Å². The minimum Gasteiger partial charge on any atom is -0.493 e. The zero-order valence-electron chi connectivity index (χ0n) is 17.3. The number of fused-ring (bicyclic) bond motifs is 2. The van der Waals surface area contributed by atoms with Gasteiger partial charge < -0.3 is 14.8 Å². The summed E-state index contributed by atoms with van der Waals surface area (Å²) in [7, 11) is 1.53. The monoisotopic (exact) mass is 445 g/mol. The maximum Gasteiger partial charge on any atom is 0.276 e. The third-order valence-electron chi connectivity index (χ3n) is 5.56. The molecule has 1 aliphatic rings. The van der Waals surface area contributed by atoms with E-state index in [1.807, 2.05) is 66.7 Å². The lowest BCUT2D eigenvalue weighted by molar-refractivity contribution is 0.0915. The Kier molecular flexibility index (Phi) is 5.37. The number of rotatable bonds is 4. The lowest BCUT2D eigenvalue weighted by Crippen LogP contribution is -2.33. The summed E-state index contributed by atoms with van der Waals surface area (Å²) in [5, 5.41) is 13.1. The minimum absolute atomic E-state index is 0.146. The SMILES string of the molecule is COc1c(C(=O)N[C@H]2CCOc3ccccc32)nnc2c(-c3cccc(Cl)c3)cccc12. The fraction of sp³-hybridized carbons (Fsp3) is 0.160. The zero-order valence-corrected chi connectivity index (χ0v) is 18.1. The van der Waals surface area contributed by atoms with Gasteiger partial charge in [-0.15, -0.1) is 10.2 Å². The minimum atomic E-state index is -0.342. The Balaban J connectivity index is 1.53. The molecule has 0 radical (unpaired) electrons. The average Bonchev–Trinajstić information content (AvgIpc) is 2.83. The number of hydrogen-bond acceptors (Lipinski definition) is 5. The molecular weight excluding hydrogens is 426 g/mol. The van der Waals surface area contributed by atoms with Crippen molar-refractivity contribution in [3.05, 3.63) is 83.0 Å². The topological polar surface area (TPSA) is 73.3 Å². The molecule has 3 aromatic carbocycles. The summed E-state index contributed by atoms with van der Waals surface area (Å²) in [5.41, 5.74) is 3.51. The van der Waals surface area contributed by atoms with Crippen LogP contribution in [-0.2, 0) is 0 Å². The number of nitrogens with one attached hydrogen (secondary N) is 1. The molecule has 6 nitrogen and oxygen atoms in total. The number of carbonyl (C=O) groups excluding carboxylic acids is 1. The van der Waals surface area contributed by atoms with Crippen LogP contribution < -0.4 is 14.8 Å². The smallest absolute Gasteiger partial charge is 0.276 e. The van der Waals surface area contributed by atoms with Gasteiger partial charge in [0.05, 0.1) is 19.8 Å². The predicted molar refractivity (Wildman–Crippen MR) is 123 cm³/mol. The molecule has 2 heterocycles. The lowest BCUT2D eigenvalue weighted by atomic mass is 10.00. The van der Waals surface area contributed by atoms with Crippen LogP contribution in [0.25, 0.3) is 22.0 Å². The fourth-order valence-corrected chi connectivity index (χ4v) is 4.26. The molecule has 0 spiro atoms. The van der Waals surface area contributed by atoms with E-state index in [9.17, 15) is 4.79 Å². The first-order valence-corrected chi connectivity index (χ1v) is 10.7. The van der Waals surface area contributed by atoms with E-state index in [1.54, 1.807) is 0 Å². The Morgan fingerprint density at radius 3 is 2.78 bits per heavy atom. The summed E-state index contributed by atoms with van der Waals surface area (Å²) in [6.45, 7) is 0.533. The van der Waals surface area contributed by atoms with Crippen molar-refractivity contribution in [3.63, 3.8) is 0 Å². The van der Waals surface area contributed by atoms with Gasteiger partial charge in [-0.2, -0.15) is 0 Å². The number of methoxy groups -OCH3 is 1. The lowest BCUT2D eigenvalue weighted by Gasteiger charge is -2.26. The number of para-hydroxylation sites is 1. The fourth-order valence-electron chi connectivity index (χ4n) is 4.07. The summed E-state index contributed by atoms with van der Waals surface area (Å²) in [5.74, 6) is 0.828. The van der Waals surface area contributed by atoms with Gasteiger partial charge in [0.15, 0.2) is 11.4 Å². The normalized spacial score (nSPS) is 15.0. The first kappa shape index (κ1) is 20.3. The number of aromatic nitrogens is 2. The van der Waals surface area contributed by atoms with Crippen LogP contribution in [0, 0.1) is 0 Å². The van der Waals surface area contributed by atoms with Crippen molar-refractivity contribution in [1.82, 2.24) is 15.5 Å². The third-order valence-corrected chi connectivity index (χ3v) is 5.80. The van der Waals surface area contributed by atoms with Crippen LogP contribution in [0.3, 0.4) is 0 Å². The summed E-state index contributed by atoms with van der Waals surface area (Å²) in [4.78, 5) is 13.2. The van der Waals surface area contributed by atoms with E-state index in [4.69, 9.17) is 21.1 Å². The summed E-state index contributed by atoms with van der Waals surface area (Å²) in [6, 6.07) is 20.8. The van der Waals surface area contributed by atoms with Gasteiger partial charge >= 0.3 is 0 Å². The van der Waals surface area contributed by atoms with Gasteiger partial charge in [-0.1, -0.05) is 54.1 Å². The standard InChI is InChI=1S/C25H20ClN3O3/c1-31-24-19-10-5-9-17(15-6-4-7-16(26)14-15)22(19)28-29-23(24)25(30)27-20-12-13-32-21-11-3-2-8-18(20)21/h2-11,14,20H,12-13H2,1H3,(H,27,30)/t20-/m0/s1. The van der Waals surface area contributed by atoms with Gasteiger partial charge in [0, 0.05) is 28.0 Å². The second kappa shape index (κ2) is 8.48. The van der Waals surface area contributed by atoms with Crippen LogP contribution in [0.4, 0.5) is 0 Å². The molecule has 7 heteroatoms. The number of halogens is 1. The highest BCUT2D eigenvalue weighted by molar-refractivity contribution is 6.30. The molecule has 1 amide bonds. The molecule has 32 heavy (non-hydrogen) atoms. The van der Waals surface area contributed by atoms with E-state index in [0.29, 0.717) is 34.7 Å². The van der Waals surface area contributed by atoms with Gasteiger partial charge in [0.25, 0.3) is 5.91 Å². The van der Waals surface area contributed by atoms with Crippen LogP contribution in [-0.4, -0.2) is 29.8 Å². The van der Waals surface area contributed by atoms with Gasteiger partial charge in [0.2, 0.25) is 0 Å². The molecule has 5 rings (SSSR count). The van der Waals surface area contributed by atoms with Crippen LogP contribution >= 0.6 is 11.6 Å². The van der Waals surface area contributed by atoms with E-state index in [2.05, 4.69) is 15.5 Å². The van der Waals surface area contributed by atoms with E-state index >= 15 is 0 Å². The summed E-state index contributed by atoms with van der Waals surface area (Å²) in [6.07, 6.45) is 0.672. The first-order chi connectivity index (χ1) is 15.7. The van der Waals surface area contributed by atoms with Gasteiger partial charge in [0.1, 0.15) is 11.3 Å². The molecule has 0 fully saturated rings. The van der Waals surface area contributed by atoms with E-state index in [-0.39, 0.29) is 17.6 Å². The van der Waals surface area contributed by atoms with Crippen molar-refractivity contribution in [1.29, 1.82) is 0 Å². The van der Waals surface area contributed by atoms with Gasteiger partial charge in [-0.25, -0.2) is 0 Å². The van der Waals surface area contributed by atoms with Crippen molar-refractivity contribution in [3.8, 4) is 22.6 Å². The molecule has 160 valence electrons. The molecule has 1 N–H and O–H groups in total. The van der Waals surface area contributed by atoms with Gasteiger partial charge in [-0.05, 0) is 29.8 Å². The summed E-state index contributed by atoms with van der Waals surface area (Å²) < 4.78 is 11.3. The quantitative estimate of drug-likeness (QED) is 0.466. The van der Waals surface area contributed by atoms with Gasteiger partial charge in [-0.3, -0.25) is 4.79 Å².